The van der Waals surface area contributed by atoms with Crippen molar-refractivity contribution in [1.29, 1.82) is 0 Å². The molecule has 0 saturated carbocycles. The number of carbonyl (C=O) groups is 2. The van der Waals surface area contributed by atoms with Gasteiger partial charge in [0.1, 0.15) is 17.3 Å². The molecule has 8 heteroatoms. The van der Waals surface area contributed by atoms with Gasteiger partial charge in [-0.05, 0) is 43.2 Å². The fourth-order valence-electron chi connectivity index (χ4n) is 2.40. The third-order valence-electron chi connectivity index (χ3n) is 3.87. The fourth-order valence-corrected chi connectivity index (χ4v) is 2.40. The maximum Gasteiger partial charge on any atom is 0.240 e. The highest BCUT2D eigenvalue weighted by Crippen LogP contribution is 2.21. The van der Waals surface area contributed by atoms with Gasteiger partial charge < -0.3 is 15.5 Å². The molecule has 0 unspecified atom stereocenters. The van der Waals surface area contributed by atoms with Crippen LogP contribution in [-0.4, -0.2) is 28.2 Å². The van der Waals surface area contributed by atoms with E-state index in [1.54, 1.807) is 18.2 Å². The molecule has 2 amide bonds. The molecule has 0 spiro atoms. The second kappa shape index (κ2) is 10.7. The van der Waals surface area contributed by atoms with Gasteiger partial charge in [0, 0.05) is 18.4 Å². The molecule has 0 radical (unpaired) electrons. The first-order valence-electron chi connectivity index (χ1n) is 8.84. The number of unbranched alkanes of at least 4 members (excludes halogenated alkanes) is 2. The van der Waals surface area contributed by atoms with Crippen molar-refractivity contribution < 1.29 is 24.2 Å². The lowest BCUT2D eigenvalue weighted by molar-refractivity contribution is -0.121. The van der Waals surface area contributed by atoms with E-state index in [0.29, 0.717) is 24.9 Å². The topological polar surface area (TPSA) is 111 Å². The number of amides is 2. The Morgan fingerprint density at radius 1 is 0.964 bits per heavy atom. The van der Waals surface area contributed by atoms with Crippen molar-refractivity contribution in [1.82, 2.24) is 5.43 Å². The number of hydrazone groups is 1. The lowest BCUT2D eigenvalue weighted by atomic mass is 10.1. The molecule has 0 bridgehead atoms. The quantitative estimate of drug-likeness (QED) is 0.229. The van der Waals surface area contributed by atoms with Gasteiger partial charge in [-0.1, -0.05) is 18.6 Å². The zero-order valence-corrected chi connectivity index (χ0v) is 15.2. The zero-order chi connectivity index (χ0) is 20.4. The standard InChI is InChI=1S/C20H22FN3O4/c21-15-10-11-17(25)14(12-15)13-22-24-20(28)9-3-1-2-8-19(27)23-16-6-4-5-7-18(16)26/h4-7,10-13,25-26H,1-3,8-9H2,(H,23,27)(H,24,28)/b22-13+. The third kappa shape index (κ3) is 7.06. The molecule has 0 atom stereocenters. The summed E-state index contributed by atoms with van der Waals surface area (Å²) in [4.78, 5) is 23.5. The van der Waals surface area contributed by atoms with E-state index in [0.717, 1.165) is 12.1 Å². The number of hydrogen-bond donors (Lipinski definition) is 4. The van der Waals surface area contributed by atoms with Gasteiger partial charge in [0.05, 0.1) is 11.9 Å². The summed E-state index contributed by atoms with van der Waals surface area (Å²) in [5.74, 6) is -1.16. The van der Waals surface area contributed by atoms with Gasteiger partial charge in [0.15, 0.2) is 0 Å². The molecule has 0 saturated heterocycles. The summed E-state index contributed by atoms with van der Waals surface area (Å²) >= 11 is 0. The predicted octanol–water partition coefficient (Wildman–Crippen LogP) is 3.28. The largest absolute Gasteiger partial charge is 0.507 e. The Labute approximate surface area is 161 Å². The molecule has 2 aromatic rings. The highest BCUT2D eigenvalue weighted by Gasteiger charge is 2.06. The molecule has 0 aromatic heterocycles. The summed E-state index contributed by atoms with van der Waals surface area (Å²) in [6, 6.07) is 9.91. The minimum Gasteiger partial charge on any atom is -0.507 e. The van der Waals surface area contributed by atoms with E-state index in [2.05, 4.69) is 15.8 Å². The molecular formula is C20H22FN3O4. The Hall–Kier alpha value is -3.42. The second-order valence-electron chi connectivity index (χ2n) is 6.12. The summed E-state index contributed by atoms with van der Waals surface area (Å²) in [7, 11) is 0. The molecule has 0 fully saturated rings. The van der Waals surface area contributed by atoms with Crippen molar-refractivity contribution in [2.75, 3.05) is 5.32 Å². The summed E-state index contributed by atoms with van der Waals surface area (Å²) in [5.41, 5.74) is 2.84. The number of para-hydroxylation sites is 2. The summed E-state index contributed by atoms with van der Waals surface area (Å²) in [6.07, 6.45) is 3.54. The molecule has 2 aromatic carbocycles. The van der Waals surface area contributed by atoms with Gasteiger partial charge in [0.2, 0.25) is 11.8 Å². The van der Waals surface area contributed by atoms with E-state index in [-0.39, 0.29) is 41.7 Å². The number of carbonyl (C=O) groups excluding carboxylic acids is 2. The van der Waals surface area contributed by atoms with Crippen LogP contribution in [0.5, 0.6) is 11.5 Å². The van der Waals surface area contributed by atoms with Crippen LogP contribution in [-0.2, 0) is 9.59 Å². The van der Waals surface area contributed by atoms with Crippen LogP contribution in [0.4, 0.5) is 10.1 Å². The fraction of sp³-hybridized carbons (Fsp3) is 0.250. The molecule has 4 N–H and O–H groups in total. The van der Waals surface area contributed by atoms with Crippen molar-refractivity contribution in [3.63, 3.8) is 0 Å². The van der Waals surface area contributed by atoms with E-state index in [9.17, 15) is 24.2 Å². The Bertz CT molecular complexity index is 855. The Kier molecular flexibility index (Phi) is 7.95. The molecule has 0 aliphatic heterocycles. The average Bonchev–Trinajstić information content (AvgIpc) is 2.66. The summed E-state index contributed by atoms with van der Waals surface area (Å²) < 4.78 is 13.1. The number of anilines is 1. The molecule has 28 heavy (non-hydrogen) atoms. The number of benzene rings is 2. The van der Waals surface area contributed by atoms with E-state index < -0.39 is 5.82 Å². The van der Waals surface area contributed by atoms with Gasteiger partial charge in [0.25, 0.3) is 0 Å². The van der Waals surface area contributed by atoms with Gasteiger partial charge in [-0.15, -0.1) is 0 Å². The number of rotatable bonds is 9. The van der Waals surface area contributed by atoms with E-state index >= 15 is 0 Å². The molecule has 0 aliphatic rings. The SMILES string of the molecule is O=C(CCCCCC(=O)Nc1ccccc1O)N/N=C/c1cc(F)ccc1O. The number of phenolic OH excluding ortho intramolecular Hbond substituents is 2. The van der Waals surface area contributed by atoms with E-state index in [1.165, 1.54) is 18.3 Å². The maximum absolute atomic E-state index is 13.1. The number of nitrogens with one attached hydrogen (secondary N) is 2. The third-order valence-corrected chi connectivity index (χ3v) is 3.87. The summed E-state index contributed by atoms with van der Waals surface area (Å²) in [5, 5.41) is 25.5. The molecule has 0 heterocycles. The predicted molar refractivity (Wildman–Crippen MR) is 104 cm³/mol. The first-order valence-corrected chi connectivity index (χ1v) is 8.84. The summed E-state index contributed by atoms with van der Waals surface area (Å²) in [6.45, 7) is 0. The minimum absolute atomic E-state index is 0.0136. The normalized spacial score (nSPS) is 10.8. The Morgan fingerprint density at radius 2 is 1.68 bits per heavy atom. The van der Waals surface area contributed by atoms with Crippen LogP contribution in [0, 0.1) is 5.82 Å². The molecule has 148 valence electrons. The van der Waals surface area contributed by atoms with Gasteiger partial charge in [-0.2, -0.15) is 5.10 Å². The Morgan fingerprint density at radius 3 is 2.43 bits per heavy atom. The number of nitrogens with zero attached hydrogens (tertiary/aromatic N) is 1. The monoisotopic (exact) mass is 387 g/mol. The van der Waals surface area contributed by atoms with Crippen LogP contribution < -0.4 is 10.7 Å². The lowest BCUT2D eigenvalue weighted by Gasteiger charge is -2.06. The number of hydrogen-bond acceptors (Lipinski definition) is 5. The van der Waals surface area contributed by atoms with E-state index in [1.807, 2.05) is 0 Å². The average molecular weight is 387 g/mol. The maximum atomic E-state index is 13.1. The Balaban J connectivity index is 1.61. The molecule has 2 rings (SSSR count). The van der Waals surface area contributed by atoms with Crippen molar-refractivity contribution in [2.24, 2.45) is 5.10 Å². The smallest absolute Gasteiger partial charge is 0.240 e. The highest BCUT2D eigenvalue weighted by atomic mass is 19.1. The van der Waals surface area contributed by atoms with Crippen molar-refractivity contribution >= 4 is 23.7 Å². The second-order valence-corrected chi connectivity index (χ2v) is 6.12. The van der Waals surface area contributed by atoms with Crippen molar-refractivity contribution in [3.8, 4) is 11.5 Å². The zero-order valence-electron chi connectivity index (χ0n) is 15.2. The van der Waals surface area contributed by atoms with Crippen LogP contribution in [0.2, 0.25) is 0 Å². The van der Waals surface area contributed by atoms with Crippen LogP contribution in [0.3, 0.4) is 0 Å². The molecule has 7 nitrogen and oxygen atoms in total. The number of aromatic hydroxyl groups is 2. The molecule has 0 aliphatic carbocycles. The van der Waals surface area contributed by atoms with Gasteiger partial charge in [-0.25, -0.2) is 9.82 Å². The van der Waals surface area contributed by atoms with Crippen molar-refractivity contribution in [2.45, 2.75) is 32.1 Å². The van der Waals surface area contributed by atoms with Crippen LogP contribution in [0.1, 0.15) is 37.7 Å². The first kappa shape index (κ1) is 20.9. The highest BCUT2D eigenvalue weighted by molar-refractivity contribution is 5.92. The number of phenols is 2. The van der Waals surface area contributed by atoms with E-state index in [4.69, 9.17) is 0 Å². The minimum atomic E-state index is -0.517. The van der Waals surface area contributed by atoms with Crippen molar-refractivity contribution in [3.05, 3.63) is 53.8 Å². The van der Waals surface area contributed by atoms with Crippen LogP contribution in [0.15, 0.2) is 47.6 Å². The lowest BCUT2D eigenvalue weighted by Crippen LogP contribution is -2.17. The molecular weight excluding hydrogens is 365 g/mol. The van der Waals surface area contributed by atoms with Gasteiger partial charge >= 0.3 is 0 Å². The number of halogens is 1. The van der Waals surface area contributed by atoms with Gasteiger partial charge in [-0.3, -0.25) is 9.59 Å². The first-order chi connectivity index (χ1) is 13.5. The van der Waals surface area contributed by atoms with Crippen LogP contribution in [0.25, 0.3) is 0 Å². The van der Waals surface area contributed by atoms with Crippen LogP contribution >= 0.6 is 0 Å².